The molecule has 0 bridgehead atoms. The molecule has 0 aromatic rings. The van der Waals surface area contributed by atoms with Crippen molar-refractivity contribution >= 4 is 5.71 Å². The minimum Gasteiger partial charge on any atom is -0.316 e. The molecule has 8 heavy (non-hydrogen) atoms. The molecule has 1 heterocycles. The molecule has 2 aliphatic rings. The fourth-order valence-electron chi connectivity index (χ4n) is 1.45. The van der Waals surface area contributed by atoms with Gasteiger partial charge < -0.3 is 10.7 Å². The largest absolute Gasteiger partial charge is 0.316 e. The second kappa shape index (κ2) is 1.13. The van der Waals surface area contributed by atoms with Gasteiger partial charge in [-0.25, -0.2) is 0 Å². The first kappa shape index (κ1) is 4.50. The summed E-state index contributed by atoms with van der Waals surface area (Å²) >= 11 is 0. The third-order valence-corrected chi connectivity index (χ3v) is 2.27. The Balaban J connectivity index is 2.16. The predicted octanol–water partition coefficient (Wildman–Crippen LogP) is 0.390. The minimum absolute atomic E-state index is 0.375. The molecule has 2 nitrogen and oxygen atoms in total. The van der Waals surface area contributed by atoms with Gasteiger partial charge in [-0.1, -0.05) is 0 Å². The number of nitrogens with one attached hydrogen (secondary N) is 2. The molecule has 1 unspecified atom stereocenters. The van der Waals surface area contributed by atoms with Crippen LogP contribution in [0.25, 0.3) is 0 Å². The van der Waals surface area contributed by atoms with E-state index in [2.05, 4.69) is 5.32 Å². The van der Waals surface area contributed by atoms with Gasteiger partial charge in [0.1, 0.15) is 0 Å². The molecule has 2 fully saturated rings. The van der Waals surface area contributed by atoms with Crippen molar-refractivity contribution in [3.8, 4) is 0 Å². The summed E-state index contributed by atoms with van der Waals surface area (Å²) in [5, 5.41) is 10.6. The summed E-state index contributed by atoms with van der Waals surface area (Å²) in [7, 11) is 0. The van der Waals surface area contributed by atoms with Crippen LogP contribution in [-0.4, -0.2) is 18.8 Å². The van der Waals surface area contributed by atoms with Gasteiger partial charge in [0.2, 0.25) is 0 Å². The van der Waals surface area contributed by atoms with Crippen molar-refractivity contribution in [2.45, 2.75) is 12.8 Å². The summed E-state index contributed by atoms with van der Waals surface area (Å²) in [5.41, 5.74) is 1.35. The quantitative estimate of drug-likeness (QED) is 0.465. The lowest BCUT2D eigenvalue weighted by Gasteiger charge is -1.96. The van der Waals surface area contributed by atoms with Crippen molar-refractivity contribution < 1.29 is 0 Å². The van der Waals surface area contributed by atoms with Crippen molar-refractivity contribution in [1.29, 1.82) is 5.41 Å². The van der Waals surface area contributed by atoms with Gasteiger partial charge in [0.15, 0.2) is 0 Å². The Kier molecular flexibility index (Phi) is 0.637. The third kappa shape index (κ3) is 0.388. The lowest BCUT2D eigenvalue weighted by atomic mass is 10.1. The highest BCUT2D eigenvalue weighted by Crippen LogP contribution is 2.46. The van der Waals surface area contributed by atoms with E-state index in [0.717, 1.165) is 25.2 Å². The fourth-order valence-corrected chi connectivity index (χ4v) is 1.45. The van der Waals surface area contributed by atoms with Crippen molar-refractivity contribution in [3.63, 3.8) is 0 Å². The molecule has 1 atom stereocenters. The van der Waals surface area contributed by atoms with Crippen molar-refractivity contribution in [2.75, 3.05) is 13.1 Å². The molecule has 1 saturated carbocycles. The van der Waals surface area contributed by atoms with Crippen LogP contribution in [0.1, 0.15) is 12.8 Å². The zero-order valence-electron chi connectivity index (χ0n) is 4.83. The van der Waals surface area contributed by atoms with Crippen molar-refractivity contribution in [1.82, 2.24) is 5.32 Å². The molecule has 1 spiro atoms. The van der Waals surface area contributed by atoms with Crippen LogP contribution in [0.15, 0.2) is 0 Å². The Morgan fingerprint density at radius 1 is 1.62 bits per heavy atom. The van der Waals surface area contributed by atoms with Crippen LogP contribution in [0, 0.1) is 10.8 Å². The first-order valence-electron chi connectivity index (χ1n) is 3.12. The molecule has 1 saturated heterocycles. The fraction of sp³-hybridized carbons (Fsp3) is 0.833. The second-order valence-electron chi connectivity index (χ2n) is 2.86. The predicted molar refractivity (Wildman–Crippen MR) is 32.3 cm³/mol. The van der Waals surface area contributed by atoms with Crippen molar-refractivity contribution in [3.05, 3.63) is 0 Å². The van der Waals surface area contributed by atoms with Crippen LogP contribution in [0.4, 0.5) is 0 Å². The molecule has 44 valence electrons. The Morgan fingerprint density at radius 2 is 2.38 bits per heavy atom. The van der Waals surface area contributed by atoms with E-state index < -0.39 is 0 Å². The Bertz CT molecular complexity index is 133. The average Bonchev–Trinajstić information content (AvgIpc) is 2.29. The molecular weight excluding hydrogens is 100 g/mol. The lowest BCUT2D eigenvalue weighted by Crippen LogP contribution is -2.10. The molecule has 2 N–H and O–H groups in total. The van der Waals surface area contributed by atoms with Gasteiger partial charge >= 0.3 is 0 Å². The van der Waals surface area contributed by atoms with Crippen LogP contribution in [0.3, 0.4) is 0 Å². The maximum atomic E-state index is 7.32. The zero-order chi connectivity index (χ0) is 5.61. The molecular formula is C6H10N2. The molecule has 0 aromatic heterocycles. The monoisotopic (exact) mass is 110 g/mol. The van der Waals surface area contributed by atoms with E-state index >= 15 is 0 Å². The molecule has 1 aliphatic heterocycles. The minimum atomic E-state index is 0.375. The molecule has 1 aliphatic carbocycles. The van der Waals surface area contributed by atoms with Gasteiger partial charge in [0.05, 0.1) is 0 Å². The standard InChI is InChI=1S/C6H10N2/c7-5-3-6(5)1-2-8-4-6/h7-8H,1-4H2. The highest BCUT2D eigenvalue weighted by Gasteiger charge is 2.50. The maximum absolute atomic E-state index is 7.32. The maximum Gasteiger partial charge on any atom is 0.0269 e. The van der Waals surface area contributed by atoms with Gasteiger partial charge in [-0.2, -0.15) is 0 Å². The van der Waals surface area contributed by atoms with Crippen LogP contribution in [0.5, 0.6) is 0 Å². The molecule has 2 heteroatoms. The zero-order valence-corrected chi connectivity index (χ0v) is 4.83. The number of rotatable bonds is 0. The van der Waals surface area contributed by atoms with Crippen molar-refractivity contribution in [2.24, 2.45) is 5.41 Å². The van der Waals surface area contributed by atoms with Gasteiger partial charge in [0.25, 0.3) is 0 Å². The summed E-state index contributed by atoms with van der Waals surface area (Å²) < 4.78 is 0. The number of hydrogen-bond acceptors (Lipinski definition) is 2. The summed E-state index contributed by atoms with van der Waals surface area (Å²) in [6, 6.07) is 0. The van der Waals surface area contributed by atoms with Gasteiger partial charge in [-0.3, -0.25) is 0 Å². The van der Waals surface area contributed by atoms with E-state index in [1.54, 1.807) is 0 Å². The van der Waals surface area contributed by atoms with Crippen LogP contribution >= 0.6 is 0 Å². The SMILES string of the molecule is N=C1CC12CCNC2. The van der Waals surface area contributed by atoms with E-state index in [9.17, 15) is 0 Å². The van der Waals surface area contributed by atoms with Gasteiger partial charge in [-0.15, -0.1) is 0 Å². The molecule has 0 aromatic carbocycles. The van der Waals surface area contributed by atoms with E-state index in [1.165, 1.54) is 6.42 Å². The highest BCUT2D eigenvalue weighted by atomic mass is 15.0. The lowest BCUT2D eigenvalue weighted by molar-refractivity contribution is 0.621. The van der Waals surface area contributed by atoms with E-state index in [1.807, 2.05) is 0 Å². The normalized spacial score (nSPS) is 43.8. The molecule has 0 radical (unpaired) electrons. The highest BCUT2D eigenvalue weighted by molar-refractivity contribution is 6.03. The average molecular weight is 110 g/mol. The Labute approximate surface area is 48.8 Å². The summed E-state index contributed by atoms with van der Waals surface area (Å²) in [6.45, 7) is 2.20. The Hall–Kier alpha value is -0.370. The number of hydrogen-bond donors (Lipinski definition) is 2. The summed E-state index contributed by atoms with van der Waals surface area (Å²) in [5.74, 6) is 0. The van der Waals surface area contributed by atoms with E-state index in [4.69, 9.17) is 5.41 Å². The Morgan fingerprint density at radius 3 is 2.62 bits per heavy atom. The summed E-state index contributed by atoms with van der Waals surface area (Å²) in [6.07, 6.45) is 2.28. The smallest absolute Gasteiger partial charge is 0.0269 e. The van der Waals surface area contributed by atoms with E-state index in [0.29, 0.717) is 5.41 Å². The first-order chi connectivity index (χ1) is 3.83. The summed E-state index contributed by atoms with van der Waals surface area (Å²) in [4.78, 5) is 0. The molecule has 2 rings (SSSR count). The van der Waals surface area contributed by atoms with Crippen LogP contribution < -0.4 is 5.32 Å². The van der Waals surface area contributed by atoms with E-state index in [-0.39, 0.29) is 0 Å². The first-order valence-corrected chi connectivity index (χ1v) is 3.12. The van der Waals surface area contributed by atoms with Crippen LogP contribution in [-0.2, 0) is 0 Å². The molecule has 0 amide bonds. The third-order valence-electron chi connectivity index (χ3n) is 2.27. The van der Waals surface area contributed by atoms with Gasteiger partial charge in [-0.05, 0) is 19.4 Å². The van der Waals surface area contributed by atoms with Gasteiger partial charge in [0, 0.05) is 17.7 Å². The second-order valence-corrected chi connectivity index (χ2v) is 2.86. The topological polar surface area (TPSA) is 35.9 Å². The van der Waals surface area contributed by atoms with Crippen LogP contribution in [0.2, 0.25) is 0 Å².